The Balaban J connectivity index is 2.71. The van der Waals surface area contributed by atoms with E-state index in [1.54, 1.807) is 0 Å². The number of nitrogens with one attached hydrogen (secondary N) is 1. The van der Waals surface area contributed by atoms with Gasteiger partial charge in [-0.15, -0.1) is 11.3 Å². The largest absolute Gasteiger partial charge is 0.468 e. The third-order valence-electron chi connectivity index (χ3n) is 2.22. The summed E-state index contributed by atoms with van der Waals surface area (Å²) >= 11 is 1.50. The lowest BCUT2D eigenvalue weighted by Gasteiger charge is -2.15. The molecule has 0 spiro atoms. The van der Waals surface area contributed by atoms with Crippen molar-refractivity contribution in [2.24, 2.45) is 5.11 Å². The zero-order valence-corrected chi connectivity index (χ0v) is 10.5. The van der Waals surface area contributed by atoms with E-state index in [0.717, 1.165) is 10.4 Å². The average molecular weight is 254 g/mol. The maximum Gasteiger partial charge on any atom is 0.328 e. The number of hydrogen-bond acceptors (Lipinski definition) is 5. The van der Waals surface area contributed by atoms with Crippen LogP contribution in [0, 0.1) is 6.92 Å². The number of azide groups is 1. The number of esters is 1. The summed E-state index contributed by atoms with van der Waals surface area (Å²) in [6.07, 6.45) is 0. The van der Waals surface area contributed by atoms with Crippen LogP contribution in [-0.4, -0.2) is 26.2 Å². The van der Waals surface area contributed by atoms with Gasteiger partial charge in [0.05, 0.1) is 7.11 Å². The van der Waals surface area contributed by atoms with E-state index in [4.69, 9.17) is 10.3 Å². The van der Waals surface area contributed by atoms with Crippen molar-refractivity contribution in [3.8, 4) is 0 Å². The highest BCUT2D eigenvalue weighted by Gasteiger charge is 2.23. The van der Waals surface area contributed by atoms with E-state index in [1.165, 1.54) is 18.4 Å². The van der Waals surface area contributed by atoms with Crippen molar-refractivity contribution >= 4 is 17.3 Å². The van der Waals surface area contributed by atoms with Crippen LogP contribution in [-0.2, 0) is 9.53 Å². The molecule has 6 nitrogen and oxygen atoms in total. The van der Waals surface area contributed by atoms with Crippen molar-refractivity contribution in [2.75, 3.05) is 20.2 Å². The average Bonchev–Trinajstić information content (AvgIpc) is 2.75. The quantitative estimate of drug-likeness (QED) is 0.277. The van der Waals surface area contributed by atoms with Gasteiger partial charge in [0.25, 0.3) is 0 Å². The Morgan fingerprint density at radius 3 is 3.06 bits per heavy atom. The maximum atomic E-state index is 11.6. The molecule has 0 saturated carbocycles. The topological polar surface area (TPSA) is 87.1 Å². The molecule has 0 aromatic carbocycles. The number of hydrogen-bond donors (Lipinski definition) is 1. The second-order valence-electron chi connectivity index (χ2n) is 3.33. The van der Waals surface area contributed by atoms with E-state index in [-0.39, 0.29) is 5.97 Å². The van der Waals surface area contributed by atoms with Crippen molar-refractivity contribution in [2.45, 2.75) is 13.0 Å². The van der Waals surface area contributed by atoms with Crippen LogP contribution in [0.15, 0.2) is 16.6 Å². The predicted molar refractivity (Wildman–Crippen MR) is 65.8 cm³/mol. The van der Waals surface area contributed by atoms with Crippen LogP contribution in [0.25, 0.3) is 10.4 Å². The van der Waals surface area contributed by atoms with Gasteiger partial charge in [-0.2, -0.15) is 0 Å². The molecule has 1 unspecified atom stereocenters. The zero-order chi connectivity index (χ0) is 12.7. The molecule has 0 bridgehead atoms. The number of ether oxygens (including phenoxy) is 1. The molecule has 17 heavy (non-hydrogen) atoms. The molecular formula is C10H14N4O2S. The molecule has 0 aliphatic carbocycles. The second-order valence-corrected chi connectivity index (χ2v) is 4.28. The molecule has 1 atom stereocenters. The van der Waals surface area contributed by atoms with Gasteiger partial charge in [0.15, 0.2) is 0 Å². The minimum Gasteiger partial charge on any atom is -0.468 e. The number of carbonyl (C=O) groups excluding carboxylic acids is 1. The zero-order valence-electron chi connectivity index (χ0n) is 9.71. The van der Waals surface area contributed by atoms with E-state index in [1.807, 2.05) is 18.4 Å². The van der Waals surface area contributed by atoms with Gasteiger partial charge < -0.3 is 4.74 Å². The Kier molecular flexibility index (Phi) is 5.48. The first kappa shape index (κ1) is 13.5. The Labute approximate surface area is 103 Å². The van der Waals surface area contributed by atoms with Crippen molar-refractivity contribution in [1.29, 1.82) is 0 Å². The minimum atomic E-state index is -0.492. The van der Waals surface area contributed by atoms with Gasteiger partial charge in [0.1, 0.15) is 6.04 Å². The van der Waals surface area contributed by atoms with Gasteiger partial charge in [-0.3, -0.25) is 5.32 Å². The fourth-order valence-corrected chi connectivity index (χ4v) is 2.37. The summed E-state index contributed by atoms with van der Waals surface area (Å²) in [5.41, 5.74) is 9.20. The summed E-state index contributed by atoms with van der Waals surface area (Å²) < 4.78 is 4.75. The third-order valence-corrected chi connectivity index (χ3v) is 3.31. The first-order chi connectivity index (χ1) is 8.20. The normalized spacial score (nSPS) is 11.6. The first-order valence-electron chi connectivity index (χ1n) is 5.06. The highest BCUT2D eigenvalue weighted by atomic mass is 32.1. The number of carbonyl (C=O) groups is 1. The third kappa shape index (κ3) is 3.74. The van der Waals surface area contributed by atoms with Gasteiger partial charge >= 0.3 is 5.97 Å². The second kappa shape index (κ2) is 6.90. The molecule has 0 saturated heterocycles. The molecule has 0 fully saturated rings. The molecule has 7 heteroatoms. The molecule has 0 aliphatic heterocycles. The number of methoxy groups -OCH3 is 1. The molecule has 1 aromatic heterocycles. The van der Waals surface area contributed by atoms with E-state index in [0.29, 0.717) is 13.1 Å². The lowest BCUT2D eigenvalue weighted by molar-refractivity contribution is -0.143. The van der Waals surface area contributed by atoms with Crippen LogP contribution in [0.5, 0.6) is 0 Å². The van der Waals surface area contributed by atoms with Gasteiger partial charge in [-0.25, -0.2) is 4.79 Å². The summed E-state index contributed by atoms with van der Waals surface area (Å²) in [5.74, 6) is -0.337. The van der Waals surface area contributed by atoms with Crippen LogP contribution in [0.4, 0.5) is 0 Å². The van der Waals surface area contributed by atoms with Crippen molar-refractivity contribution < 1.29 is 9.53 Å². The van der Waals surface area contributed by atoms with E-state index < -0.39 is 6.04 Å². The van der Waals surface area contributed by atoms with Gasteiger partial charge in [0.2, 0.25) is 0 Å². The van der Waals surface area contributed by atoms with Crippen LogP contribution in [0.2, 0.25) is 0 Å². The number of thiophene rings is 1. The highest BCUT2D eigenvalue weighted by molar-refractivity contribution is 7.10. The predicted octanol–water partition coefficient (Wildman–Crippen LogP) is 2.17. The van der Waals surface area contributed by atoms with Crippen molar-refractivity contribution in [3.05, 3.63) is 32.3 Å². The molecular weight excluding hydrogens is 240 g/mol. The number of rotatable bonds is 6. The molecule has 1 aromatic rings. The molecule has 0 aliphatic rings. The first-order valence-corrected chi connectivity index (χ1v) is 5.94. The number of nitrogens with zero attached hydrogens (tertiary/aromatic N) is 3. The molecule has 0 radical (unpaired) electrons. The fraction of sp³-hybridized carbons (Fsp3) is 0.500. The summed E-state index contributed by atoms with van der Waals surface area (Å²) in [5, 5.41) is 8.35. The van der Waals surface area contributed by atoms with Gasteiger partial charge in [-0.05, 0) is 29.5 Å². The van der Waals surface area contributed by atoms with Gasteiger partial charge in [-0.1, -0.05) is 5.11 Å². The lowest BCUT2D eigenvalue weighted by Crippen LogP contribution is -2.31. The maximum absolute atomic E-state index is 11.6. The fourth-order valence-electron chi connectivity index (χ4n) is 1.38. The lowest BCUT2D eigenvalue weighted by atomic mass is 10.1. The summed E-state index contributed by atoms with van der Waals surface area (Å²) in [4.78, 5) is 15.2. The van der Waals surface area contributed by atoms with E-state index >= 15 is 0 Å². The van der Waals surface area contributed by atoms with Crippen molar-refractivity contribution in [1.82, 2.24) is 5.32 Å². The Hall–Kier alpha value is -1.56. The summed E-state index contributed by atoms with van der Waals surface area (Å²) in [6, 6.07) is 1.46. The van der Waals surface area contributed by atoms with E-state index in [2.05, 4.69) is 15.3 Å². The molecule has 1 heterocycles. The van der Waals surface area contributed by atoms with Gasteiger partial charge in [0, 0.05) is 22.9 Å². The van der Waals surface area contributed by atoms with Crippen LogP contribution >= 0.6 is 11.3 Å². The molecule has 92 valence electrons. The number of aryl methyl sites for hydroxylation is 1. The van der Waals surface area contributed by atoms with Crippen LogP contribution in [0.1, 0.15) is 16.5 Å². The molecule has 1 rings (SSSR count). The Morgan fingerprint density at radius 1 is 1.76 bits per heavy atom. The van der Waals surface area contributed by atoms with Crippen molar-refractivity contribution in [3.63, 3.8) is 0 Å². The Bertz CT molecular complexity index is 426. The standard InChI is InChI=1S/C10H14N4O2S/c1-7-3-6-17-9(7)8(10(15)16-2)12-4-5-13-14-11/h3,6,8,12H,4-5H2,1-2H3. The van der Waals surface area contributed by atoms with E-state index in [9.17, 15) is 4.79 Å². The monoisotopic (exact) mass is 254 g/mol. The van der Waals surface area contributed by atoms with Crippen LogP contribution in [0.3, 0.4) is 0 Å². The molecule has 0 amide bonds. The van der Waals surface area contributed by atoms with Crippen LogP contribution < -0.4 is 5.32 Å². The smallest absolute Gasteiger partial charge is 0.328 e. The SMILES string of the molecule is COC(=O)C(NCCN=[N+]=[N-])c1sccc1C. The summed E-state index contributed by atoms with van der Waals surface area (Å²) in [6.45, 7) is 2.67. The highest BCUT2D eigenvalue weighted by Crippen LogP contribution is 2.24. The molecule has 1 N–H and O–H groups in total. The Morgan fingerprint density at radius 2 is 2.53 bits per heavy atom. The summed E-state index contributed by atoms with van der Waals surface area (Å²) in [7, 11) is 1.35. The minimum absolute atomic E-state index is 0.300.